The summed E-state index contributed by atoms with van der Waals surface area (Å²) in [6.07, 6.45) is 5.06. The summed E-state index contributed by atoms with van der Waals surface area (Å²) in [6, 6.07) is 12.8. The molecule has 4 rings (SSSR count). The van der Waals surface area contributed by atoms with E-state index in [9.17, 15) is 14.9 Å². The lowest BCUT2D eigenvalue weighted by molar-refractivity contribution is -0.385. The molecule has 8 nitrogen and oxygen atoms in total. The van der Waals surface area contributed by atoms with Crippen molar-refractivity contribution in [1.29, 1.82) is 0 Å². The molecule has 0 N–H and O–H groups in total. The summed E-state index contributed by atoms with van der Waals surface area (Å²) in [5.41, 5.74) is 0.959. The van der Waals surface area contributed by atoms with Gasteiger partial charge in [0.1, 0.15) is 19.0 Å². The summed E-state index contributed by atoms with van der Waals surface area (Å²) in [6.45, 7) is 8.34. The number of nitro benzene ring substituents is 1. The summed E-state index contributed by atoms with van der Waals surface area (Å²) < 4.78 is 16.8. The van der Waals surface area contributed by atoms with Crippen LogP contribution in [0.15, 0.2) is 61.4 Å². The summed E-state index contributed by atoms with van der Waals surface area (Å²) >= 11 is 0. The number of hydrogen-bond acceptors (Lipinski definition) is 7. The molecule has 0 saturated carbocycles. The van der Waals surface area contributed by atoms with E-state index in [1.807, 2.05) is 35.2 Å². The fourth-order valence-corrected chi connectivity index (χ4v) is 4.62. The first-order chi connectivity index (χ1) is 15.8. The SMILES string of the molecule is C=COCCOC(=O)CCN1c2ccccc2C(C)(C)C12C=Cc1c(cccc1[N+](=O)[O-])O2. The zero-order valence-corrected chi connectivity index (χ0v) is 18.7. The third-order valence-electron chi connectivity index (χ3n) is 6.27. The molecule has 0 aromatic heterocycles. The number of ether oxygens (including phenoxy) is 3. The van der Waals surface area contributed by atoms with Gasteiger partial charge in [0.2, 0.25) is 5.72 Å². The molecule has 0 fully saturated rings. The zero-order chi connectivity index (χ0) is 23.6. The van der Waals surface area contributed by atoms with Crippen molar-refractivity contribution < 1.29 is 23.9 Å². The van der Waals surface area contributed by atoms with Crippen LogP contribution in [-0.2, 0) is 19.7 Å². The molecule has 1 spiro atoms. The monoisotopic (exact) mass is 450 g/mol. The Bertz CT molecular complexity index is 1130. The van der Waals surface area contributed by atoms with Crippen molar-refractivity contribution in [2.24, 2.45) is 0 Å². The second-order valence-electron chi connectivity index (χ2n) is 8.38. The van der Waals surface area contributed by atoms with Gasteiger partial charge >= 0.3 is 5.97 Å². The molecule has 0 bridgehead atoms. The third-order valence-corrected chi connectivity index (χ3v) is 6.27. The Morgan fingerprint density at radius 2 is 2.00 bits per heavy atom. The number of nitrogens with zero attached hydrogens (tertiary/aromatic N) is 2. The van der Waals surface area contributed by atoms with E-state index in [0.29, 0.717) is 17.9 Å². The maximum Gasteiger partial charge on any atom is 0.307 e. The highest BCUT2D eigenvalue weighted by molar-refractivity contribution is 5.76. The lowest BCUT2D eigenvalue weighted by atomic mass is 9.76. The van der Waals surface area contributed by atoms with Gasteiger partial charge in [-0.05, 0) is 43.7 Å². The molecule has 172 valence electrons. The molecule has 0 amide bonds. The van der Waals surface area contributed by atoms with Gasteiger partial charge in [-0.3, -0.25) is 14.9 Å². The standard InChI is InChI=1S/C25H26N2O6/c1-4-31-16-17-32-23(28)13-15-26-21-9-6-5-8-19(21)24(2,3)25(26)14-12-18-20(27(29)30)10-7-11-22(18)33-25/h4-12,14H,1,13,15-17H2,2-3H3. The van der Waals surface area contributed by atoms with Gasteiger partial charge in [0.25, 0.3) is 5.69 Å². The normalized spacial score (nSPS) is 19.4. The Morgan fingerprint density at radius 3 is 2.76 bits per heavy atom. The molecule has 1 atom stereocenters. The molecule has 8 heteroatoms. The predicted octanol–water partition coefficient (Wildman–Crippen LogP) is 4.59. The molecule has 2 aliphatic rings. The second-order valence-corrected chi connectivity index (χ2v) is 8.38. The first-order valence-electron chi connectivity index (χ1n) is 10.7. The van der Waals surface area contributed by atoms with Crippen LogP contribution in [0.3, 0.4) is 0 Å². The average molecular weight is 450 g/mol. The first-order valence-corrected chi connectivity index (χ1v) is 10.7. The van der Waals surface area contributed by atoms with Crippen molar-refractivity contribution in [3.8, 4) is 5.75 Å². The van der Waals surface area contributed by atoms with Crippen LogP contribution in [0.4, 0.5) is 11.4 Å². The van der Waals surface area contributed by atoms with E-state index in [2.05, 4.69) is 20.4 Å². The van der Waals surface area contributed by atoms with Gasteiger partial charge in [-0.15, -0.1) is 0 Å². The third kappa shape index (κ3) is 3.71. The van der Waals surface area contributed by atoms with E-state index in [1.165, 1.54) is 12.3 Å². The number of carbonyl (C=O) groups is 1. The molecule has 2 aromatic rings. The molecule has 33 heavy (non-hydrogen) atoms. The minimum absolute atomic E-state index is 0.0104. The Morgan fingerprint density at radius 1 is 1.21 bits per heavy atom. The predicted molar refractivity (Wildman–Crippen MR) is 124 cm³/mol. The maximum atomic E-state index is 12.4. The molecular weight excluding hydrogens is 424 g/mol. The number of hydrogen-bond donors (Lipinski definition) is 0. The number of para-hydroxylation sites is 1. The fourth-order valence-electron chi connectivity index (χ4n) is 4.62. The maximum absolute atomic E-state index is 12.4. The topological polar surface area (TPSA) is 91.1 Å². The van der Waals surface area contributed by atoms with E-state index < -0.39 is 16.1 Å². The minimum atomic E-state index is -0.967. The van der Waals surface area contributed by atoms with Crippen LogP contribution in [0, 0.1) is 10.1 Å². The number of benzene rings is 2. The van der Waals surface area contributed by atoms with E-state index in [1.54, 1.807) is 18.2 Å². The van der Waals surface area contributed by atoms with Crippen molar-refractivity contribution >= 4 is 23.4 Å². The van der Waals surface area contributed by atoms with Crippen molar-refractivity contribution in [3.63, 3.8) is 0 Å². The largest absolute Gasteiger partial charge is 0.498 e. The summed E-state index contributed by atoms with van der Waals surface area (Å²) in [4.78, 5) is 25.5. The molecule has 1 unspecified atom stereocenters. The van der Waals surface area contributed by atoms with E-state index in [-0.39, 0.29) is 31.3 Å². The highest BCUT2D eigenvalue weighted by Crippen LogP contribution is 2.55. The van der Waals surface area contributed by atoms with Crippen LogP contribution in [0.25, 0.3) is 6.08 Å². The van der Waals surface area contributed by atoms with Crippen molar-refractivity contribution in [1.82, 2.24) is 0 Å². The Labute approximate surface area is 192 Å². The molecule has 2 heterocycles. The molecule has 2 aliphatic heterocycles. The van der Waals surface area contributed by atoms with Crippen molar-refractivity contribution in [3.05, 3.63) is 82.6 Å². The van der Waals surface area contributed by atoms with E-state index in [0.717, 1.165) is 11.3 Å². The number of anilines is 1. The average Bonchev–Trinajstić information content (AvgIpc) is 2.98. The quantitative estimate of drug-likeness (QED) is 0.191. The van der Waals surface area contributed by atoms with Crippen LogP contribution >= 0.6 is 0 Å². The second kappa shape index (κ2) is 8.61. The van der Waals surface area contributed by atoms with Gasteiger partial charge in [-0.25, -0.2) is 0 Å². The van der Waals surface area contributed by atoms with Crippen LogP contribution in [0.2, 0.25) is 0 Å². The van der Waals surface area contributed by atoms with E-state index in [4.69, 9.17) is 14.2 Å². The molecule has 0 saturated heterocycles. The molecular formula is C25H26N2O6. The highest BCUT2D eigenvalue weighted by Gasteiger charge is 2.59. The number of nitro groups is 1. The summed E-state index contributed by atoms with van der Waals surface area (Å²) in [5, 5.41) is 11.5. The Hall–Kier alpha value is -3.81. The number of esters is 1. The molecule has 0 radical (unpaired) electrons. The zero-order valence-electron chi connectivity index (χ0n) is 18.7. The van der Waals surface area contributed by atoms with Crippen molar-refractivity contribution in [2.45, 2.75) is 31.4 Å². The lowest BCUT2D eigenvalue weighted by Crippen LogP contribution is -2.60. The van der Waals surface area contributed by atoms with Gasteiger partial charge in [0.15, 0.2) is 0 Å². The van der Waals surface area contributed by atoms with Gasteiger partial charge in [-0.2, -0.15) is 0 Å². The smallest absolute Gasteiger partial charge is 0.307 e. The van der Waals surface area contributed by atoms with Gasteiger partial charge in [0.05, 0.1) is 28.6 Å². The molecule has 2 aromatic carbocycles. The summed E-state index contributed by atoms with van der Waals surface area (Å²) in [7, 11) is 0. The number of fused-ring (bicyclic) bond motifs is 2. The summed E-state index contributed by atoms with van der Waals surface area (Å²) in [5.74, 6) is 0.0811. The Kier molecular flexibility index (Phi) is 5.84. The Balaban J connectivity index is 1.67. The van der Waals surface area contributed by atoms with Gasteiger partial charge in [0, 0.05) is 18.3 Å². The van der Waals surface area contributed by atoms with Crippen LogP contribution in [0.5, 0.6) is 5.75 Å². The van der Waals surface area contributed by atoms with Crippen molar-refractivity contribution in [2.75, 3.05) is 24.7 Å². The van der Waals surface area contributed by atoms with Crippen LogP contribution < -0.4 is 9.64 Å². The lowest BCUT2D eigenvalue weighted by Gasteiger charge is -2.47. The first kappa shape index (κ1) is 22.4. The minimum Gasteiger partial charge on any atom is -0.498 e. The highest BCUT2D eigenvalue weighted by atomic mass is 16.6. The number of carbonyl (C=O) groups excluding carboxylic acids is 1. The van der Waals surface area contributed by atoms with Gasteiger partial charge < -0.3 is 19.1 Å². The van der Waals surface area contributed by atoms with Crippen LogP contribution in [-0.4, -0.2) is 36.4 Å². The fraction of sp³-hybridized carbons (Fsp3) is 0.320. The van der Waals surface area contributed by atoms with Crippen LogP contribution in [0.1, 0.15) is 31.4 Å². The number of rotatable bonds is 8. The molecule has 0 aliphatic carbocycles. The van der Waals surface area contributed by atoms with Gasteiger partial charge in [-0.1, -0.05) is 30.8 Å². The van der Waals surface area contributed by atoms with E-state index >= 15 is 0 Å².